The number of aromatic nitrogens is 1. The van der Waals surface area contributed by atoms with Crippen molar-refractivity contribution in [3.63, 3.8) is 0 Å². The van der Waals surface area contributed by atoms with Gasteiger partial charge in [0.05, 0.1) is 11.0 Å². The molecule has 2 aliphatic heterocycles. The van der Waals surface area contributed by atoms with Crippen LogP contribution in [0.15, 0.2) is 256 Å². The van der Waals surface area contributed by atoms with Crippen LogP contribution in [0.5, 0.6) is 0 Å². The normalized spacial score (nSPS) is 15.4. The summed E-state index contributed by atoms with van der Waals surface area (Å²) in [6.07, 6.45) is 6.59. The fraction of sp³-hybridized carbons (Fsp3) is 0.143. The van der Waals surface area contributed by atoms with E-state index in [1.165, 1.54) is 140 Å². The molecule has 3 aliphatic rings. The van der Waals surface area contributed by atoms with Crippen molar-refractivity contribution in [2.45, 2.75) is 83.8 Å². The van der Waals surface area contributed by atoms with Crippen LogP contribution in [0.4, 0.5) is 17.1 Å². The van der Waals surface area contributed by atoms with Crippen molar-refractivity contribution in [1.82, 2.24) is 4.57 Å². The molecule has 4 heteroatoms. The smallest absolute Gasteiger partial charge is 0.249 e. The van der Waals surface area contributed by atoms with Gasteiger partial charge in [-0.15, -0.1) is 10.0 Å². The van der Waals surface area contributed by atoms with Gasteiger partial charge in [0.25, 0.3) is 0 Å². The van der Waals surface area contributed by atoms with Crippen molar-refractivity contribution in [1.29, 1.82) is 0 Å². The first-order chi connectivity index (χ1) is 36.3. The number of hydrogen-bond donors (Lipinski definition) is 0. The SMILES string of the molecule is CC(C)(C)c1ccc(-c2cc3c4c(c2)S(c2ccccc2)(c2ccccc2)c2ccccc2B4c2cc(-n4c5ccccc5c5cc(C6CCCCC6)ccc54)ccc2N3c2ccc(-c3ccccc3)cc2)cc1. The summed E-state index contributed by atoms with van der Waals surface area (Å²) in [6.45, 7) is 6.87. The highest BCUT2D eigenvalue weighted by Gasteiger charge is 2.49. The first-order valence-electron chi connectivity index (χ1n) is 26.8. The van der Waals surface area contributed by atoms with Crippen molar-refractivity contribution in [3.8, 4) is 27.9 Å². The first kappa shape index (κ1) is 44.9. The Morgan fingerprint density at radius 2 is 1.03 bits per heavy atom. The second-order valence-corrected chi connectivity index (χ2v) is 24.9. The summed E-state index contributed by atoms with van der Waals surface area (Å²) in [5.41, 5.74) is 19.1. The van der Waals surface area contributed by atoms with E-state index in [4.69, 9.17) is 0 Å². The van der Waals surface area contributed by atoms with Crippen LogP contribution < -0.4 is 21.3 Å². The second-order valence-electron chi connectivity index (χ2n) is 21.9. The van der Waals surface area contributed by atoms with Crippen LogP contribution in [-0.4, -0.2) is 11.3 Å². The molecule has 0 unspecified atom stereocenters. The molecule has 14 rings (SSSR count). The van der Waals surface area contributed by atoms with E-state index in [9.17, 15) is 0 Å². The fourth-order valence-electron chi connectivity index (χ4n) is 13.1. The third kappa shape index (κ3) is 7.09. The highest BCUT2D eigenvalue weighted by molar-refractivity contribution is 8.34. The Bertz CT molecular complexity index is 3860. The van der Waals surface area contributed by atoms with E-state index < -0.39 is 10.0 Å². The zero-order valence-electron chi connectivity index (χ0n) is 42.5. The Balaban J connectivity index is 1.08. The molecule has 0 N–H and O–H groups in total. The molecule has 358 valence electrons. The maximum atomic E-state index is 2.60. The Morgan fingerprint density at radius 3 is 1.74 bits per heavy atom. The predicted octanol–water partition coefficient (Wildman–Crippen LogP) is 17.4. The van der Waals surface area contributed by atoms with Gasteiger partial charge in [-0.25, -0.2) is 0 Å². The van der Waals surface area contributed by atoms with Crippen LogP contribution >= 0.6 is 10.0 Å². The zero-order chi connectivity index (χ0) is 49.5. The van der Waals surface area contributed by atoms with Gasteiger partial charge in [-0.1, -0.05) is 191 Å². The molecule has 0 spiro atoms. The van der Waals surface area contributed by atoms with Crippen molar-refractivity contribution in [2.24, 2.45) is 0 Å². The number of benzene rings is 10. The molecule has 1 saturated carbocycles. The summed E-state index contributed by atoms with van der Waals surface area (Å²) in [7, 11) is -2.07. The van der Waals surface area contributed by atoms with Crippen LogP contribution in [-0.2, 0) is 5.41 Å². The van der Waals surface area contributed by atoms with Gasteiger partial charge in [-0.05, 0) is 164 Å². The Kier molecular flexibility index (Phi) is 10.7. The first-order valence-corrected chi connectivity index (χ1v) is 28.4. The Morgan fingerprint density at radius 1 is 0.432 bits per heavy atom. The standard InChI is InChI=1S/C70H59BN2S/c1-70(2,3)54-37-32-51(33-38-54)53-45-66-69-68(46-53)74(57-24-12-6-13-25-57,58-26-14-7-15-27-58)67-31-19-17-29-61(67)71(69)62-47-56(41-43-65(62)72(66)55-39-34-50(35-40-55)48-20-8-4-9-21-48)73-63-30-18-16-28-59(63)60-44-52(36-42-64(60)73)49-22-10-5-11-23-49/h4,6-9,12-21,24-47,49H,5,10-11,22-23H2,1-3H3. The maximum Gasteiger partial charge on any atom is 0.249 e. The lowest BCUT2D eigenvalue weighted by Crippen LogP contribution is -2.61. The molecule has 1 aromatic heterocycles. The molecular weight excluding hydrogens is 912 g/mol. The minimum Gasteiger partial charge on any atom is -0.311 e. The third-order valence-electron chi connectivity index (χ3n) is 16.6. The summed E-state index contributed by atoms with van der Waals surface area (Å²) >= 11 is 0. The average Bonchev–Trinajstić information content (AvgIpc) is 3.81. The van der Waals surface area contributed by atoms with E-state index in [2.05, 4.69) is 267 Å². The molecule has 1 fully saturated rings. The lowest BCUT2D eigenvalue weighted by Gasteiger charge is -2.51. The van der Waals surface area contributed by atoms with Crippen molar-refractivity contribution in [3.05, 3.63) is 248 Å². The summed E-state index contributed by atoms with van der Waals surface area (Å²) in [6, 6.07) is 90.9. The molecule has 2 nitrogen and oxygen atoms in total. The third-order valence-corrected chi connectivity index (χ3v) is 20.6. The van der Waals surface area contributed by atoms with E-state index in [1.807, 2.05) is 0 Å². The van der Waals surface area contributed by atoms with E-state index in [1.54, 1.807) is 0 Å². The molecule has 0 bridgehead atoms. The highest BCUT2D eigenvalue weighted by Crippen LogP contribution is 2.74. The summed E-state index contributed by atoms with van der Waals surface area (Å²) in [4.78, 5) is 8.10. The van der Waals surface area contributed by atoms with E-state index in [0.717, 1.165) is 5.69 Å². The number of hydrogen-bond acceptors (Lipinski definition) is 1. The minimum absolute atomic E-state index is 0.0395. The Hall–Kier alpha value is -7.79. The second kappa shape index (κ2) is 17.7. The monoisotopic (exact) mass is 970 g/mol. The lowest BCUT2D eigenvalue weighted by atomic mass is 9.34. The summed E-state index contributed by atoms with van der Waals surface area (Å²) in [5.74, 6) is 0.636. The molecular formula is C70H59BN2S. The lowest BCUT2D eigenvalue weighted by molar-refractivity contribution is 0.444. The van der Waals surface area contributed by atoms with Gasteiger partial charge in [0.1, 0.15) is 0 Å². The molecule has 74 heavy (non-hydrogen) atoms. The molecule has 0 amide bonds. The van der Waals surface area contributed by atoms with Gasteiger partial charge < -0.3 is 9.47 Å². The van der Waals surface area contributed by atoms with E-state index >= 15 is 0 Å². The molecule has 11 aromatic rings. The molecule has 0 saturated heterocycles. The van der Waals surface area contributed by atoms with Gasteiger partial charge in [0, 0.05) is 48.2 Å². The molecule has 0 radical (unpaired) electrons. The van der Waals surface area contributed by atoms with Crippen molar-refractivity contribution < 1.29 is 0 Å². The van der Waals surface area contributed by atoms with Crippen molar-refractivity contribution in [2.75, 3.05) is 4.90 Å². The van der Waals surface area contributed by atoms with Gasteiger partial charge >= 0.3 is 0 Å². The highest BCUT2D eigenvalue weighted by atomic mass is 32.3. The van der Waals surface area contributed by atoms with Gasteiger partial charge in [0.15, 0.2) is 0 Å². The Labute approximate surface area is 438 Å². The quantitative estimate of drug-likeness (QED) is 0.145. The van der Waals surface area contributed by atoms with E-state index in [0.29, 0.717) is 5.92 Å². The van der Waals surface area contributed by atoms with Gasteiger partial charge in [-0.2, -0.15) is 0 Å². The number of fused-ring (bicyclic) bond motifs is 7. The summed E-state index contributed by atoms with van der Waals surface area (Å²) < 4.78 is 2.55. The predicted molar refractivity (Wildman–Crippen MR) is 315 cm³/mol. The van der Waals surface area contributed by atoms with Gasteiger partial charge in [0.2, 0.25) is 6.71 Å². The zero-order valence-corrected chi connectivity index (χ0v) is 43.3. The van der Waals surface area contributed by atoms with E-state index in [-0.39, 0.29) is 12.1 Å². The van der Waals surface area contributed by atoms with Crippen LogP contribution in [0.3, 0.4) is 0 Å². The van der Waals surface area contributed by atoms with Gasteiger partial charge in [-0.3, -0.25) is 0 Å². The number of rotatable bonds is 7. The van der Waals surface area contributed by atoms with Crippen LogP contribution in [0, 0.1) is 0 Å². The molecule has 3 heterocycles. The minimum atomic E-state index is -2.07. The number of nitrogens with zero attached hydrogens (tertiary/aromatic N) is 2. The molecule has 0 atom stereocenters. The molecule has 10 aromatic carbocycles. The van der Waals surface area contributed by atoms with Crippen LogP contribution in [0.25, 0.3) is 49.7 Å². The van der Waals surface area contributed by atoms with Crippen LogP contribution in [0.1, 0.15) is 69.9 Å². The fourth-order valence-corrected chi connectivity index (χ4v) is 17.4. The number of para-hydroxylation sites is 1. The van der Waals surface area contributed by atoms with Crippen molar-refractivity contribution >= 4 is 72.0 Å². The maximum absolute atomic E-state index is 2.60. The topological polar surface area (TPSA) is 8.17 Å². The largest absolute Gasteiger partial charge is 0.311 e. The number of anilines is 3. The average molecular weight is 971 g/mol. The molecule has 1 aliphatic carbocycles. The van der Waals surface area contributed by atoms with Crippen LogP contribution in [0.2, 0.25) is 0 Å². The summed E-state index contributed by atoms with van der Waals surface area (Å²) in [5, 5.41) is 2.66.